The van der Waals surface area contributed by atoms with Gasteiger partial charge in [0.25, 0.3) is 0 Å². The van der Waals surface area contributed by atoms with E-state index >= 15 is 0 Å². The molecule has 2 heteroatoms. The molecule has 0 aromatic heterocycles. The maximum Gasteiger partial charge on any atom is 0.0560 e. The van der Waals surface area contributed by atoms with Gasteiger partial charge in [0.05, 0.1) is 6.04 Å². The summed E-state index contributed by atoms with van der Waals surface area (Å²) in [5, 5.41) is 3.17. The molecule has 100 valence electrons. The summed E-state index contributed by atoms with van der Waals surface area (Å²) in [6, 6.07) is 20.3. The molecule has 1 atom stereocenters. The van der Waals surface area contributed by atoms with Crippen LogP contribution in [-0.2, 0) is 0 Å². The molecule has 2 N–H and O–H groups in total. The normalized spacial score (nSPS) is 12.6. The standard InChI is InChI=1S/C18H16ClN/c1-12-6-7-13-4-2-3-5-16(13)17(12)18(20)14-8-10-15(19)11-9-14/h2-11,18H,20H2,1H3. The molecular weight excluding hydrogens is 266 g/mol. The van der Waals surface area contributed by atoms with Crippen LogP contribution in [0.5, 0.6) is 0 Å². The van der Waals surface area contributed by atoms with E-state index in [4.69, 9.17) is 17.3 Å². The number of aryl methyl sites for hydroxylation is 1. The third-order valence-electron chi connectivity index (χ3n) is 3.73. The Kier molecular flexibility index (Phi) is 3.47. The molecule has 3 aromatic carbocycles. The Morgan fingerprint density at radius 3 is 2.35 bits per heavy atom. The molecule has 0 amide bonds. The van der Waals surface area contributed by atoms with Crippen LogP contribution in [0.1, 0.15) is 22.7 Å². The van der Waals surface area contributed by atoms with Gasteiger partial charge in [-0.1, -0.05) is 60.1 Å². The molecule has 0 aliphatic heterocycles. The van der Waals surface area contributed by atoms with Crippen LogP contribution < -0.4 is 5.73 Å². The third-order valence-corrected chi connectivity index (χ3v) is 3.98. The lowest BCUT2D eigenvalue weighted by molar-refractivity contribution is 0.871. The van der Waals surface area contributed by atoms with E-state index in [2.05, 4.69) is 43.3 Å². The summed E-state index contributed by atoms with van der Waals surface area (Å²) in [7, 11) is 0. The first-order chi connectivity index (χ1) is 9.66. The zero-order chi connectivity index (χ0) is 14.1. The summed E-state index contributed by atoms with van der Waals surface area (Å²) < 4.78 is 0. The quantitative estimate of drug-likeness (QED) is 0.714. The lowest BCUT2D eigenvalue weighted by atomic mass is 9.91. The molecule has 3 rings (SSSR count). The molecule has 0 radical (unpaired) electrons. The number of benzene rings is 3. The summed E-state index contributed by atoms with van der Waals surface area (Å²) in [6.45, 7) is 2.11. The highest BCUT2D eigenvalue weighted by Gasteiger charge is 2.14. The van der Waals surface area contributed by atoms with Crippen molar-refractivity contribution in [1.82, 2.24) is 0 Å². The smallest absolute Gasteiger partial charge is 0.0560 e. The van der Waals surface area contributed by atoms with Gasteiger partial charge in [-0.15, -0.1) is 0 Å². The van der Waals surface area contributed by atoms with Crippen LogP contribution in [0.3, 0.4) is 0 Å². The van der Waals surface area contributed by atoms with Crippen LogP contribution in [0.4, 0.5) is 0 Å². The van der Waals surface area contributed by atoms with Gasteiger partial charge in [-0.05, 0) is 46.5 Å². The molecule has 20 heavy (non-hydrogen) atoms. The van der Waals surface area contributed by atoms with Crippen molar-refractivity contribution < 1.29 is 0 Å². The minimum absolute atomic E-state index is 0.140. The van der Waals surface area contributed by atoms with Crippen molar-refractivity contribution in [3.63, 3.8) is 0 Å². The first kappa shape index (κ1) is 13.2. The Labute approximate surface area is 124 Å². The molecule has 0 saturated heterocycles. The molecule has 1 unspecified atom stereocenters. The van der Waals surface area contributed by atoms with Crippen molar-refractivity contribution in [2.45, 2.75) is 13.0 Å². The zero-order valence-electron chi connectivity index (χ0n) is 11.3. The lowest BCUT2D eigenvalue weighted by Crippen LogP contribution is -2.13. The van der Waals surface area contributed by atoms with Gasteiger partial charge < -0.3 is 5.73 Å². The largest absolute Gasteiger partial charge is 0.320 e. The highest BCUT2D eigenvalue weighted by atomic mass is 35.5. The van der Waals surface area contributed by atoms with E-state index in [1.165, 1.54) is 21.9 Å². The SMILES string of the molecule is Cc1ccc2ccccc2c1C(N)c1ccc(Cl)cc1. The number of fused-ring (bicyclic) bond motifs is 1. The van der Waals surface area contributed by atoms with Gasteiger partial charge in [0, 0.05) is 5.02 Å². The number of rotatable bonds is 2. The number of nitrogens with two attached hydrogens (primary N) is 1. The molecule has 0 heterocycles. The highest BCUT2D eigenvalue weighted by molar-refractivity contribution is 6.30. The van der Waals surface area contributed by atoms with E-state index in [0.717, 1.165) is 10.6 Å². The van der Waals surface area contributed by atoms with Gasteiger partial charge in [0.1, 0.15) is 0 Å². The van der Waals surface area contributed by atoms with Gasteiger partial charge in [-0.25, -0.2) is 0 Å². The fourth-order valence-corrected chi connectivity index (χ4v) is 2.78. The molecule has 1 nitrogen and oxygen atoms in total. The van der Waals surface area contributed by atoms with Crippen molar-refractivity contribution in [2.24, 2.45) is 5.73 Å². The van der Waals surface area contributed by atoms with Crippen LogP contribution in [0.2, 0.25) is 5.02 Å². The van der Waals surface area contributed by atoms with Gasteiger partial charge >= 0.3 is 0 Å². The minimum Gasteiger partial charge on any atom is -0.320 e. The average molecular weight is 282 g/mol. The molecule has 0 spiro atoms. The predicted molar refractivity (Wildman–Crippen MR) is 86.2 cm³/mol. The van der Waals surface area contributed by atoms with Crippen molar-refractivity contribution in [2.75, 3.05) is 0 Å². The van der Waals surface area contributed by atoms with Crippen molar-refractivity contribution in [3.05, 3.63) is 82.4 Å². The fourth-order valence-electron chi connectivity index (χ4n) is 2.65. The first-order valence-corrected chi connectivity index (χ1v) is 7.04. The van der Waals surface area contributed by atoms with E-state index < -0.39 is 0 Å². The summed E-state index contributed by atoms with van der Waals surface area (Å²) in [4.78, 5) is 0. The van der Waals surface area contributed by atoms with Crippen molar-refractivity contribution >= 4 is 22.4 Å². The van der Waals surface area contributed by atoms with Gasteiger partial charge in [0.2, 0.25) is 0 Å². The topological polar surface area (TPSA) is 26.0 Å². The summed E-state index contributed by atoms with van der Waals surface area (Å²) >= 11 is 5.95. The van der Waals surface area contributed by atoms with Gasteiger partial charge in [0.15, 0.2) is 0 Å². The zero-order valence-corrected chi connectivity index (χ0v) is 12.1. The highest BCUT2D eigenvalue weighted by Crippen LogP contribution is 2.30. The van der Waals surface area contributed by atoms with Crippen LogP contribution in [-0.4, -0.2) is 0 Å². The molecule has 0 aliphatic carbocycles. The second kappa shape index (κ2) is 5.28. The van der Waals surface area contributed by atoms with Crippen LogP contribution in [0, 0.1) is 6.92 Å². The Balaban J connectivity index is 2.18. The van der Waals surface area contributed by atoms with Gasteiger partial charge in [-0.2, -0.15) is 0 Å². The van der Waals surface area contributed by atoms with Crippen LogP contribution in [0.15, 0.2) is 60.7 Å². The minimum atomic E-state index is -0.140. The predicted octanol–water partition coefficient (Wildman–Crippen LogP) is 4.85. The van der Waals surface area contributed by atoms with E-state index in [0.29, 0.717) is 0 Å². The summed E-state index contributed by atoms with van der Waals surface area (Å²) in [6.07, 6.45) is 0. The second-order valence-electron chi connectivity index (χ2n) is 5.05. The first-order valence-electron chi connectivity index (χ1n) is 6.66. The Bertz CT molecular complexity index is 747. The second-order valence-corrected chi connectivity index (χ2v) is 5.48. The monoisotopic (exact) mass is 281 g/mol. The van der Waals surface area contributed by atoms with Crippen LogP contribution in [0.25, 0.3) is 10.8 Å². The summed E-state index contributed by atoms with van der Waals surface area (Å²) in [5.41, 5.74) is 9.97. The lowest BCUT2D eigenvalue weighted by Gasteiger charge is -2.18. The Morgan fingerprint density at radius 1 is 0.900 bits per heavy atom. The van der Waals surface area contributed by atoms with Crippen molar-refractivity contribution in [3.8, 4) is 0 Å². The molecule has 0 bridgehead atoms. The molecule has 0 aliphatic rings. The van der Waals surface area contributed by atoms with Crippen LogP contribution >= 0.6 is 11.6 Å². The van der Waals surface area contributed by atoms with E-state index in [1.54, 1.807) is 0 Å². The molecule has 3 aromatic rings. The maximum atomic E-state index is 6.49. The number of hydrogen-bond acceptors (Lipinski definition) is 1. The van der Waals surface area contributed by atoms with E-state index in [-0.39, 0.29) is 6.04 Å². The number of halogens is 1. The Morgan fingerprint density at radius 2 is 1.60 bits per heavy atom. The van der Waals surface area contributed by atoms with Crippen molar-refractivity contribution in [1.29, 1.82) is 0 Å². The fraction of sp³-hybridized carbons (Fsp3) is 0.111. The van der Waals surface area contributed by atoms with E-state index in [9.17, 15) is 0 Å². The van der Waals surface area contributed by atoms with E-state index in [1.807, 2.05) is 24.3 Å². The Hall–Kier alpha value is -1.83. The number of hydrogen-bond donors (Lipinski definition) is 1. The molecule has 0 fully saturated rings. The molecular formula is C18H16ClN. The summed E-state index contributed by atoms with van der Waals surface area (Å²) in [5.74, 6) is 0. The maximum absolute atomic E-state index is 6.49. The third kappa shape index (κ3) is 2.31. The average Bonchev–Trinajstić information content (AvgIpc) is 2.47. The van der Waals surface area contributed by atoms with Gasteiger partial charge in [-0.3, -0.25) is 0 Å². The molecule has 0 saturated carbocycles.